The number of rotatable bonds is 1. The van der Waals surface area contributed by atoms with Gasteiger partial charge in [0.1, 0.15) is 0 Å². The Labute approximate surface area is 139 Å². The molecule has 2 saturated carbocycles. The lowest BCUT2D eigenvalue weighted by Gasteiger charge is -2.44. The molecular formula is C20H41NO. The van der Waals surface area contributed by atoms with E-state index in [1.165, 1.54) is 77.3 Å². The van der Waals surface area contributed by atoms with Gasteiger partial charge in [-0.15, -0.1) is 0 Å². The van der Waals surface area contributed by atoms with Gasteiger partial charge in [-0.25, -0.2) is 0 Å². The van der Waals surface area contributed by atoms with Gasteiger partial charge in [-0.1, -0.05) is 39.5 Å². The Morgan fingerprint density at radius 2 is 1.23 bits per heavy atom. The Morgan fingerprint density at radius 1 is 0.818 bits per heavy atom. The van der Waals surface area contributed by atoms with Gasteiger partial charge in [0.25, 0.3) is 0 Å². The smallest absolute Gasteiger partial charge is 0.0483 e. The molecule has 22 heavy (non-hydrogen) atoms. The number of aliphatic hydroxyl groups is 1. The molecule has 1 heterocycles. The number of hydrogen-bond donors (Lipinski definition) is 2. The van der Waals surface area contributed by atoms with Crippen LogP contribution in [0.1, 0.15) is 91.9 Å². The minimum absolute atomic E-state index is 0.167. The van der Waals surface area contributed by atoms with Crippen LogP contribution < -0.4 is 5.32 Å². The summed E-state index contributed by atoms with van der Waals surface area (Å²) in [5.41, 5.74) is 0.761. The van der Waals surface area contributed by atoms with E-state index in [0.29, 0.717) is 0 Å². The minimum atomic E-state index is -0.167. The van der Waals surface area contributed by atoms with E-state index in [2.05, 4.69) is 19.2 Å². The standard InChI is InChI=1S/C13H25N.C4H8.C3H8O/c1-11(2)12-3-5-13(6-4-12)7-9-14-10-8-13;1-2-4-3-1;1-3(2)4/h11-12,14H,3-10H2,1-2H3;1-4H2;3-4H,1-2H3. The Kier molecular flexibility index (Phi) is 9.66. The summed E-state index contributed by atoms with van der Waals surface area (Å²) in [6.07, 6.45) is 14.7. The lowest BCUT2D eigenvalue weighted by Crippen LogP contribution is -2.39. The van der Waals surface area contributed by atoms with Crippen LogP contribution in [0, 0.1) is 17.3 Å². The summed E-state index contributed by atoms with van der Waals surface area (Å²) in [5.74, 6) is 1.93. The molecule has 0 bridgehead atoms. The highest BCUT2D eigenvalue weighted by Crippen LogP contribution is 2.46. The second kappa shape index (κ2) is 10.6. The lowest BCUT2D eigenvalue weighted by atomic mass is 9.64. The molecule has 0 amide bonds. The van der Waals surface area contributed by atoms with E-state index in [1.807, 2.05) is 0 Å². The summed E-state index contributed by atoms with van der Waals surface area (Å²) in [7, 11) is 0. The van der Waals surface area contributed by atoms with Crippen molar-refractivity contribution in [2.75, 3.05) is 13.1 Å². The molecule has 0 atom stereocenters. The summed E-state index contributed by atoms with van der Waals surface area (Å²) in [6, 6.07) is 0. The molecule has 0 aromatic heterocycles. The summed E-state index contributed by atoms with van der Waals surface area (Å²) in [6.45, 7) is 10.8. The number of hydrogen-bond acceptors (Lipinski definition) is 2. The Bertz CT molecular complexity index is 248. The maximum atomic E-state index is 8.06. The highest BCUT2D eigenvalue weighted by atomic mass is 16.3. The highest BCUT2D eigenvalue weighted by Gasteiger charge is 2.36. The van der Waals surface area contributed by atoms with Crippen molar-refractivity contribution in [1.29, 1.82) is 0 Å². The molecule has 1 aliphatic heterocycles. The first-order chi connectivity index (χ1) is 10.5. The zero-order valence-electron chi connectivity index (χ0n) is 15.7. The highest BCUT2D eigenvalue weighted by molar-refractivity contribution is 4.89. The van der Waals surface area contributed by atoms with Gasteiger partial charge >= 0.3 is 0 Å². The molecule has 3 fully saturated rings. The zero-order valence-corrected chi connectivity index (χ0v) is 15.7. The Balaban J connectivity index is 0.000000249. The van der Waals surface area contributed by atoms with E-state index < -0.39 is 0 Å². The van der Waals surface area contributed by atoms with Crippen molar-refractivity contribution in [2.45, 2.75) is 98.0 Å². The summed E-state index contributed by atoms with van der Waals surface area (Å²) in [5, 5.41) is 11.5. The Hall–Kier alpha value is -0.0800. The second-order valence-corrected chi connectivity index (χ2v) is 8.34. The molecule has 2 aliphatic carbocycles. The molecule has 0 aromatic rings. The molecule has 0 unspecified atom stereocenters. The topological polar surface area (TPSA) is 32.3 Å². The normalized spacial score (nSPS) is 24.1. The van der Waals surface area contributed by atoms with Crippen LogP contribution in [0.2, 0.25) is 0 Å². The molecule has 2 heteroatoms. The van der Waals surface area contributed by atoms with Crippen molar-refractivity contribution < 1.29 is 5.11 Å². The predicted octanol–water partition coefficient (Wildman–Crippen LogP) is 5.15. The third-order valence-corrected chi connectivity index (χ3v) is 5.70. The van der Waals surface area contributed by atoms with Crippen LogP contribution in [0.15, 0.2) is 0 Å². The van der Waals surface area contributed by atoms with Gasteiger partial charge in [-0.2, -0.15) is 0 Å². The first kappa shape index (κ1) is 20.0. The molecule has 1 spiro atoms. The third-order valence-electron chi connectivity index (χ3n) is 5.70. The molecule has 132 valence electrons. The largest absolute Gasteiger partial charge is 0.394 e. The van der Waals surface area contributed by atoms with Crippen LogP contribution >= 0.6 is 0 Å². The van der Waals surface area contributed by atoms with Crippen LogP contribution in [-0.4, -0.2) is 24.3 Å². The SMILES string of the molecule is C1CCC1.CC(C)C1CCC2(CCNCC2)CC1.CC(C)O. The van der Waals surface area contributed by atoms with Crippen molar-refractivity contribution in [3.8, 4) is 0 Å². The monoisotopic (exact) mass is 311 g/mol. The van der Waals surface area contributed by atoms with Gasteiger partial charge in [-0.05, 0) is 82.7 Å². The first-order valence-corrected chi connectivity index (χ1v) is 9.84. The fraction of sp³-hybridized carbons (Fsp3) is 1.00. The van der Waals surface area contributed by atoms with Gasteiger partial charge in [0, 0.05) is 6.10 Å². The Morgan fingerprint density at radius 3 is 1.55 bits per heavy atom. The van der Waals surface area contributed by atoms with Gasteiger partial charge in [0.2, 0.25) is 0 Å². The number of piperidine rings is 1. The zero-order chi connectivity index (χ0) is 16.4. The average Bonchev–Trinajstić information content (AvgIpc) is 2.37. The van der Waals surface area contributed by atoms with Crippen LogP contribution in [0.4, 0.5) is 0 Å². The van der Waals surface area contributed by atoms with Gasteiger partial charge in [-0.3, -0.25) is 0 Å². The van der Waals surface area contributed by atoms with E-state index in [-0.39, 0.29) is 6.10 Å². The first-order valence-electron chi connectivity index (χ1n) is 9.84. The average molecular weight is 312 g/mol. The van der Waals surface area contributed by atoms with Gasteiger partial charge < -0.3 is 10.4 Å². The number of aliphatic hydroxyl groups excluding tert-OH is 1. The molecular weight excluding hydrogens is 270 g/mol. The summed E-state index contributed by atoms with van der Waals surface area (Å²) in [4.78, 5) is 0. The molecule has 3 aliphatic rings. The van der Waals surface area contributed by atoms with E-state index in [1.54, 1.807) is 13.8 Å². The molecule has 2 N–H and O–H groups in total. The second-order valence-electron chi connectivity index (χ2n) is 8.34. The van der Waals surface area contributed by atoms with E-state index in [0.717, 1.165) is 17.3 Å². The maximum absolute atomic E-state index is 8.06. The van der Waals surface area contributed by atoms with Crippen LogP contribution in [0.25, 0.3) is 0 Å². The van der Waals surface area contributed by atoms with Crippen molar-refractivity contribution >= 4 is 0 Å². The molecule has 3 rings (SSSR count). The fourth-order valence-corrected chi connectivity index (χ4v) is 3.63. The van der Waals surface area contributed by atoms with Gasteiger partial charge in [0.15, 0.2) is 0 Å². The van der Waals surface area contributed by atoms with Crippen molar-refractivity contribution in [1.82, 2.24) is 5.32 Å². The quantitative estimate of drug-likeness (QED) is 0.702. The summed E-state index contributed by atoms with van der Waals surface area (Å²) >= 11 is 0. The van der Waals surface area contributed by atoms with E-state index in [9.17, 15) is 0 Å². The van der Waals surface area contributed by atoms with E-state index >= 15 is 0 Å². The minimum Gasteiger partial charge on any atom is -0.394 e. The molecule has 0 radical (unpaired) electrons. The van der Waals surface area contributed by atoms with Crippen molar-refractivity contribution in [3.05, 3.63) is 0 Å². The van der Waals surface area contributed by atoms with Crippen LogP contribution in [-0.2, 0) is 0 Å². The molecule has 1 saturated heterocycles. The van der Waals surface area contributed by atoms with E-state index in [4.69, 9.17) is 5.11 Å². The fourth-order valence-electron chi connectivity index (χ4n) is 3.63. The third kappa shape index (κ3) is 7.97. The molecule has 0 aromatic carbocycles. The lowest BCUT2D eigenvalue weighted by molar-refractivity contribution is 0.0900. The van der Waals surface area contributed by atoms with Gasteiger partial charge in [0.05, 0.1) is 0 Å². The predicted molar refractivity (Wildman–Crippen MR) is 97.2 cm³/mol. The van der Waals surface area contributed by atoms with Crippen LogP contribution in [0.5, 0.6) is 0 Å². The van der Waals surface area contributed by atoms with Crippen LogP contribution in [0.3, 0.4) is 0 Å². The van der Waals surface area contributed by atoms with Crippen molar-refractivity contribution in [3.63, 3.8) is 0 Å². The summed E-state index contributed by atoms with van der Waals surface area (Å²) < 4.78 is 0. The molecule has 2 nitrogen and oxygen atoms in total. The van der Waals surface area contributed by atoms with Crippen molar-refractivity contribution in [2.24, 2.45) is 17.3 Å². The number of nitrogens with one attached hydrogen (secondary N) is 1. The maximum Gasteiger partial charge on any atom is 0.0483 e.